The molecule has 5 heteroatoms. The number of hydrogen-bond acceptors (Lipinski definition) is 4. The van der Waals surface area contributed by atoms with E-state index in [0.29, 0.717) is 12.3 Å². The maximum absolute atomic E-state index is 12.4. The molecule has 1 aromatic carbocycles. The molecule has 0 radical (unpaired) electrons. The highest BCUT2D eigenvalue weighted by Crippen LogP contribution is 2.26. The predicted molar refractivity (Wildman–Crippen MR) is 115 cm³/mol. The lowest BCUT2D eigenvalue weighted by Crippen LogP contribution is -2.37. The molecule has 2 fully saturated rings. The first-order valence-electron chi connectivity index (χ1n) is 10.9. The minimum Gasteiger partial charge on any atom is -0.356 e. The number of anilines is 1. The molecule has 2 aliphatic heterocycles. The van der Waals surface area contributed by atoms with Crippen LogP contribution in [0.2, 0.25) is 0 Å². The van der Waals surface area contributed by atoms with E-state index in [1.54, 1.807) is 0 Å². The molecule has 4 rings (SSSR count). The van der Waals surface area contributed by atoms with Gasteiger partial charge in [-0.3, -0.25) is 4.79 Å². The number of aromatic nitrogens is 1. The van der Waals surface area contributed by atoms with Gasteiger partial charge in [0, 0.05) is 56.6 Å². The van der Waals surface area contributed by atoms with Gasteiger partial charge in [-0.2, -0.15) is 0 Å². The molecule has 28 heavy (non-hydrogen) atoms. The molecule has 5 nitrogen and oxygen atoms in total. The zero-order chi connectivity index (χ0) is 19.2. The molecule has 1 aromatic heterocycles. The molecule has 0 spiro atoms. The third kappa shape index (κ3) is 4.64. The van der Waals surface area contributed by atoms with E-state index in [0.717, 1.165) is 63.4 Å². The van der Waals surface area contributed by atoms with Gasteiger partial charge in [0.25, 0.3) is 0 Å². The van der Waals surface area contributed by atoms with Crippen molar-refractivity contribution in [3.63, 3.8) is 0 Å². The summed E-state index contributed by atoms with van der Waals surface area (Å²) >= 11 is 0. The van der Waals surface area contributed by atoms with Crippen LogP contribution in [0.5, 0.6) is 0 Å². The van der Waals surface area contributed by atoms with Crippen molar-refractivity contribution in [3.05, 3.63) is 35.9 Å². The summed E-state index contributed by atoms with van der Waals surface area (Å²) in [5.41, 5.74) is 2.30. The Kier molecular flexibility index (Phi) is 6.42. The molecule has 0 atom stereocenters. The van der Waals surface area contributed by atoms with Gasteiger partial charge < -0.3 is 15.1 Å². The maximum atomic E-state index is 12.4. The van der Waals surface area contributed by atoms with Crippen LogP contribution in [0.4, 0.5) is 5.82 Å². The second-order valence-electron chi connectivity index (χ2n) is 8.08. The summed E-state index contributed by atoms with van der Waals surface area (Å²) in [4.78, 5) is 21.8. The molecule has 2 aliphatic rings. The van der Waals surface area contributed by atoms with E-state index < -0.39 is 0 Å². The second-order valence-corrected chi connectivity index (χ2v) is 8.08. The summed E-state index contributed by atoms with van der Waals surface area (Å²) in [6.45, 7) is 5.54. The first kappa shape index (κ1) is 19.2. The van der Waals surface area contributed by atoms with Crippen LogP contribution in [-0.4, -0.2) is 48.5 Å². The summed E-state index contributed by atoms with van der Waals surface area (Å²) in [6.07, 6.45) is 7.95. The van der Waals surface area contributed by atoms with Gasteiger partial charge in [0.05, 0.1) is 5.52 Å². The highest BCUT2D eigenvalue weighted by molar-refractivity contribution is 5.82. The molecule has 0 unspecified atom stereocenters. The van der Waals surface area contributed by atoms with Crippen LogP contribution >= 0.6 is 0 Å². The number of carbonyl (C=O) groups is 1. The van der Waals surface area contributed by atoms with E-state index in [4.69, 9.17) is 4.98 Å². The van der Waals surface area contributed by atoms with Crippen molar-refractivity contribution in [1.82, 2.24) is 15.2 Å². The molecular weight excluding hydrogens is 348 g/mol. The Hall–Kier alpha value is -2.14. The van der Waals surface area contributed by atoms with Crippen molar-refractivity contribution in [3.8, 4) is 0 Å². The van der Waals surface area contributed by atoms with Crippen LogP contribution < -0.4 is 10.2 Å². The number of piperidine rings is 2. The Bertz CT molecular complexity index is 794. The SMILES string of the molecule is O=C(CCNCc1cc2ccccc2nc1N1CCCCC1)N1CCCCC1. The predicted octanol–water partition coefficient (Wildman–Crippen LogP) is 3.72. The quantitative estimate of drug-likeness (QED) is 0.776. The normalized spacial score (nSPS) is 17.9. The molecular formula is C23H32N4O. The van der Waals surface area contributed by atoms with Gasteiger partial charge in [0.15, 0.2) is 0 Å². The molecule has 0 aliphatic carbocycles. The highest BCUT2D eigenvalue weighted by atomic mass is 16.2. The Balaban J connectivity index is 1.40. The fourth-order valence-corrected chi connectivity index (χ4v) is 4.38. The molecule has 1 amide bonds. The number of hydrogen-bond donors (Lipinski definition) is 1. The van der Waals surface area contributed by atoms with Crippen LogP contribution in [0.1, 0.15) is 50.5 Å². The summed E-state index contributed by atoms with van der Waals surface area (Å²) in [7, 11) is 0. The van der Waals surface area contributed by atoms with Crippen molar-refractivity contribution in [2.24, 2.45) is 0 Å². The zero-order valence-corrected chi connectivity index (χ0v) is 16.8. The Labute approximate surface area is 168 Å². The van der Waals surface area contributed by atoms with Crippen molar-refractivity contribution in [1.29, 1.82) is 0 Å². The number of nitrogens with zero attached hydrogens (tertiary/aromatic N) is 3. The van der Waals surface area contributed by atoms with Gasteiger partial charge in [0.2, 0.25) is 5.91 Å². The average Bonchev–Trinajstić information content (AvgIpc) is 2.77. The van der Waals surface area contributed by atoms with Crippen molar-refractivity contribution >= 4 is 22.6 Å². The number of benzene rings is 1. The first-order chi connectivity index (χ1) is 13.8. The standard InChI is InChI=1S/C23H32N4O/c28-22(26-13-5-1-6-14-26)11-12-24-18-20-17-19-9-3-4-10-21(19)25-23(20)27-15-7-2-8-16-27/h3-4,9-10,17,24H,1-2,5-8,11-16,18H2. The van der Waals surface area contributed by atoms with Crippen LogP contribution in [0.25, 0.3) is 10.9 Å². The van der Waals surface area contributed by atoms with Gasteiger partial charge in [-0.1, -0.05) is 18.2 Å². The largest absolute Gasteiger partial charge is 0.356 e. The van der Waals surface area contributed by atoms with E-state index >= 15 is 0 Å². The van der Waals surface area contributed by atoms with Crippen LogP contribution in [0.3, 0.4) is 0 Å². The number of carbonyl (C=O) groups excluding carboxylic acids is 1. The third-order valence-corrected chi connectivity index (χ3v) is 5.98. The van der Waals surface area contributed by atoms with Crippen LogP contribution in [-0.2, 0) is 11.3 Å². The highest BCUT2D eigenvalue weighted by Gasteiger charge is 2.18. The number of pyridine rings is 1. The minimum absolute atomic E-state index is 0.292. The lowest BCUT2D eigenvalue weighted by atomic mass is 10.1. The third-order valence-electron chi connectivity index (χ3n) is 5.98. The van der Waals surface area contributed by atoms with Gasteiger partial charge >= 0.3 is 0 Å². The van der Waals surface area contributed by atoms with E-state index in [9.17, 15) is 4.79 Å². The lowest BCUT2D eigenvalue weighted by molar-refractivity contribution is -0.131. The molecule has 2 saturated heterocycles. The van der Waals surface area contributed by atoms with E-state index in [2.05, 4.69) is 40.5 Å². The summed E-state index contributed by atoms with van der Waals surface area (Å²) in [5, 5.41) is 4.69. The number of nitrogens with one attached hydrogen (secondary N) is 1. The number of amides is 1. The summed E-state index contributed by atoms with van der Waals surface area (Å²) in [5.74, 6) is 1.41. The fraction of sp³-hybridized carbons (Fsp3) is 0.565. The lowest BCUT2D eigenvalue weighted by Gasteiger charge is -2.30. The second kappa shape index (κ2) is 9.37. The first-order valence-corrected chi connectivity index (χ1v) is 10.9. The molecule has 3 heterocycles. The zero-order valence-electron chi connectivity index (χ0n) is 16.8. The van der Waals surface area contributed by atoms with Gasteiger partial charge in [-0.25, -0.2) is 4.98 Å². The Morgan fingerprint density at radius 2 is 1.68 bits per heavy atom. The fourth-order valence-electron chi connectivity index (χ4n) is 4.38. The molecule has 2 aromatic rings. The van der Waals surface area contributed by atoms with Crippen LogP contribution in [0, 0.1) is 0 Å². The summed E-state index contributed by atoms with van der Waals surface area (Å²) < 4.78 is 0. The number of rotatable bonds is 6. The number of likely N-dealkylation sites (tertiary alicyclic amines) is 1. The topological polar surface area (TPSA) is 48.5 Å². The van der Waals surface area contributed by atoms with Crippen LogP contribution in [0.15, 0.2) is 30.3 Å². The van der Waals surface area contributed by atoms with Crippen molar-refractivity contribution in [2.45, 2.75) is 51.5 Å². The molecule has 1 N–H and O–H groups in total. The number of para-hydroxylation sites is 1. The molecule has 150 valence electrons. The summed E-state index contributed by atoms with van der Waals surface area (Å²) in [6, 6.07) is 10.6. The average molecular weight is 381 g/mol. The van der Waals surface area contributed by atoms with Crippen molar-refractivity contribution < 1.29 is 4.79 Å². The maximum Gasteiger partial charge on any atom is 0.223 e. The van der Waals surface area contributed by atoms with E-state index in [1.807, 2.05) is 4.90 Å². The monoisotopic (exact) mass is 380 g/mol. The Morgan fingerprint density at radius 1 is 0.964 bits per heavy atom. The van der Waals surface area contributed by atoms with Gasteiger partial charge in [0.1, 0.15) is 5.82 Å². The van der Waals surface area contributed by atoms with E-state index in [-0.39, 0.29) is 0 Å². The van der Waals surface area contributed by atoms with Gasteiger partial charge in [-0.15, -0.1) is 0 Å². The Morgan fingerprint density at radius 3 is 2.46 bits per heavy atom. The van der Waals surface area contributed by atoms with E-state index in [1.165, 1.54) is 36.6 Å². The molecule has 0 saturated carbocycles. The smallest absolute Gasteiger partial charge is 0.223 e. The minimum atomic E-state index is 0.292. The van der Waals surface area contributed by atoms with Crippen molar-refractivity contribution in [2.75, 3.05) is 37.6 Å². The number of fused-ring (bicyclic) bond motifs is 1. The molecule has 0 bridgehead atoms. The van der Waals surface area contributed by atoms with Gasteiger partial charge in [-0.05, 0) is 50.7 Å².